The Labute approximate surface area is 189 Å². The van der Waals surface area contributed by atoms with Gasteiger partial charge in [0.15, 0.2) is 0 Å². The van der Waals surface area contributed by atoms with Crippen molar-refractivity contribution in [3.8, 4) is 0 Å². The largest absolute Gasteiger partial charge is 0.378 e. The summed E-state index contributed by atoms with van der Waals surface area (Å²) < 4.78 is 0. The third-order valence-electron chi connectivity index (χ3n) is 5.00. The Morgan fingerprint density at radius 2 is 1.47 bits per heavy atom. The number of hydrogen-bond acceptors (Lipinski definition) is 6. The third kappa shape index (κ3) is 4.00. The molecule has 32 heavy (non-hydrogen) atoms. The van der Waals surface area contributed by atoms with Crippen LogP contribution >= 0.6 is 11.8 Å². The number of nitro groups is 1. The summed E-state index contributed by atoms with van der Waals surface area (Å²) in [5.41, 5.74) is 2.01. The van der Waals surface area contributed by atoms with E-state index in [2.05, 4.69) is 0 Å². The summed E-state index contributed by atoms with van der Waals surface area (Å²) in [5.74, 6) is -0.880. The molecule has 2 amide bonds. The predicted octanol–water partition coefficient (Wildman–Crippen LogP) is 4.74. The molecule has 3 aromatic carbocycles. The highest BCUT2D eigenvalue weighted by atomic mass is 32.2. The molecule has 0 N–H and O–H groups in total. The topological polar surface area (TPSA) is 83.8 Å². The van der Waals surface area contributed by atoms with Crippen molar-refractivity contribution in [3.63, 3.8) is 0 Å². The summed E-state index contributed by atoms with van der Waals surface area (Å²) in [7, 11) is 3.81. The van der Waals surface area contributed by atoms with E-state index in [4.69, 9.17) is 0 Å². The number of nitro benzene ring substituents is 1. The maximum Gasteiger partial charge on any atom is 0.272 e. The Balaban J connectivity index is 1.78. The van der Waals surface area contributed by atoms with Gasteiger partial charge in [0.25, 0.3) is 17.5 Å². The van der Waals surface area contributed by atoms with Crippen molar-refractivity contribution in [1.82, 2.24) is 0 Å². The van der Waals surface area contributed by atoms with Gasteiger partial charge in [0.05, 0.1) is 21.1 Å². The van der Waals surface area contributed by atoms with Crippen molar-refractivity contribution in [1.29, 1.82) is 0 Å². The number of carbonyl (C=O) groups excluding carboxylic acids is 2. The molecule has 0 aliphatic carbocycles. The number of rotatable bonds is 6. The average Bonchev–Trinajstić information content (AvgIpc) is 3.04. The monoisotopic (exact) mass is 445 g/mol. The van der Waals surface area contributed by atoms with Crippen LogP contribution in [-0.2, 0) is 9.59 Å². The molecule has 4 rings (SSSR count). The lowest BCUT2D eigenvalue weighted by Crippen LogP contribution is -2.31. The van der Waals surface area contributed by atoms with Crippen LogP contribution in [0.15, 0.2) is 88.7 Å². The van der Waals surface area contributed by atoms with Crippen LogP contribution in [0, 0.1) is 10.1 Å². The number of anilines is 2. The molecule has 3 aromatic rings. The molecule has 0 aromatic heterocycles. The number of nitrogens with zero attached hydrogens (tertiary/aromatic N) is 3. The van der Waals surface area contributed by atoms with E-state index < -0.39 is 16.7 Å². The molecular formula is C24H19N3O4S. The highest BCUT2D eigenvalue weighted by Gasteiger charge is 2.40. The summed E-state index contributed by atoms with van der Waals surface area (Å²) >= 11 is 1.21. The van der Waals surface area contributed by atoms with Gasteiger partial charge in [-0.05, 0) is 54.1 Å². The number of imide groups is 1. The van der Waals surface area contributed by atoms with Gasteiger partial charge in [-0.2, -0.15) is 0 Å². The first-order chi connectivity index (χ1) is 15.4. The van der Waals surface area contributed by atoms with E-state index in [-0.39, 0.29) is 16.2 Å². The summed E-state index contributed by atoms with van der Waals surface area (Å²) in [5, 5.41) is 11.0. The van der Waals surface area contributed by atoms with Gasteiger partial charge in [-0.25, -0.2) is 4.90 Å². The Morgan fingerprint density at radius 1 is 0.844 bits per heavy atom. The van der Waals surface area contributed by atoms with E-state index in [1.54, 1.807) is 12.1 Å². The zero-order chi connectivity index (χ0) is 22.8. The molecule has 0 unspecified atom stereocenters. The minimum atomic E-state index is -0.502. The first-order valence-electron chi connectivity index (χ1n) is 9.75. The third-order valence-corrected chi connectivity index (χ3v) is 6.09. The molecule has 0 fully saturated rings. The van der Waals surface area contributed by atoms with Gasteiger partial charge in [-0.1, -0.05) is 30.0 Å². The van der Waals surface area contributed by atoms with Crippen LogP contribution in [-0.4, -0.2) is 30.8 Å². The molecule has 0 radical (unpaired) electrons. The Morgan fingerprint density at radius 3 is 2.03 bits per heavy atom. The van der Waals surface area contributed by atoms with Gasteiger partial charge in [0.2, 0.25) is 0 Å². The molecule has 7 nitrogen and oxygen atoms in total. The molecule has 0 spiro atoms. The van der Waals surface area contributed by atoms with Crippen LogP contribution in [0.2, 0.25) is 0 Å². The second-order valence-electron chi connectivity index (χ2n) is 7.28. The zero-order valence-electron chi connectivity index (χ0n) is 17.4. The first kappa shape index (κ1) is 21.3. The lowest BCUT2D eigenvalue weighted by molar-refractivity contribution is -0.384. The van der Waals surface area contributed by atoms with E-state index >= 15 is 0 Å². The van der Waals surface area contributed by atoms with Gasteiger partial charge < -0.3 is 4.90 Å². The van der Waals surface area contributed by atoms with Gasteiger partial charge in [-0.3, -0.25) is 19.7 Å². The number of hydrogen-bond donors (Lipinski definition) is 0. The van der Waals surface area contributed by atoms with E-state index in [9.17, 15) is 19.7 Å². The number of carbonyl (C=O) groups is 2. The second kappa shape index (κ2) is 8.68. The molecule has 0 atom stereocenters. The van der Waals surface area contributed by atoms with Crippen molar-refractivity contribution in [2.45, 2.75) is 4.90 Å². The van der Waals surface area contributed by atoms with Gasteiger partial charge in [-0.15, -0.1) is 0 Å². The normalized spacial score (nSPS) is 13.6. The standard InChI is InChI=1S/C24H19N3O4S/c1-25(2)17-12-14-18(15-13-17)26-23(28)21(16-8-10-19(11-9-16)27(30)31)22(24(26)29)32-20-6-4-3-5-7-20/h3-15H,1-2H3. The van der Waals surface area contributed by atoms with Crippen molar-refractivity contribution < 1.29 is 14.5 Å². The summed E-state index contributed by atoms with van der Waals surface area (Å²) in [4.78, 5) is 41.5. The molecule has 160 valence electrons. The van der Waals surface area contributed by atoms with Crippen molar-refractivity contribution in [3.05, 3.63) is 99.4 Å². The zero-order valence-corrected chi connectivity index (χ0v) is 18.2. The van der Waals surface area contributed by atoms with Gasteiger partial charge >= 0.3 is 0 Å². The van der Waals surface area contributed by atoms with E-state index in [1.165, 1.54) is 36.0 Å². The fourth-order valence-electron chi connectivity index (χ4n) is 3.35. The molecule has 1 aliphatic rings. The minimum Gasteiger partial charge on any atom is -0.378 e. The number of thioether (sulfide) groups is 1. The van der Waals surface area contributed by atoms with Gasteiger partial charge in [0.1, 0.15) is 0 Å². The van der Waals surface area contributed by atoms with E-state index in [0.717, 1.165) is 15.5 Å². The Hall–Kier alpha value is -3.91. The van der Waals surface area contributed by atoms with E-state index in [1.807, 2.05) is 61.5 Å². The number of non-ortho nitro benzene ring substituents is 1. The average molecular weight is 446 g/mol. The Kier molecular flexibility index (Phi) is 5.79. The lowest BCUT2D eigenvalue weighted by Gasteiger charge is -2.17. The van der Waals surface area contributed by atoms with Crippen LogP contribution in [0.1, 0.15) is 5.56 Å². The van der Waals surface area contributed by atoms with Crippen LogP contribution < -0.4 is 9.80 Å². The van der Waals surface area contributed by atoms with Gasteiger partial charge in [0, 0.05) is 36.8 Å². The molecule has 1 heterocycles. The maximum absolute atomic E-state index is 13.4. The minimum absolute atomic E-state index is 0.0838. The molecular weight excluding hydrogens is 426 g/mol. The molecule has 0 saturated carbocycles. The smallest absolute Gasteiger partial charge is 0.272 e. The fourth-order valence-corrected chi connectivity index (χ4v) is 4.36. The van der Waals surface area contributed by atoms with Crippen molar-refractivity contribution >= 4 is 46.2 Å². The lowest BCUT2D eigenvalue weighted by atomic mass is 10.1. The summed E-state index contributed by atoms with van der Waals surface area (Å²) in [6.45, 7) is 0. The molecule has 8 heteroatoms. The van der Waals surface area contributed by atoms with Crippen LogP contribution in [0.3, 0.4) is 0 Å². The fraction of sp³-hybridized carbons (Fsp3) is 0.0833. The molecule has 1 aliphatic heterocycles. The predicted molar refractivity (Wildman–Crippen MR) is 126 cm³/mol. The first-order valence-corrected chi connectivity index (χ1v) is 10.6. The highest BCUT2D eigenvalue weighted by Crippen LogP contribution is 2.41. The quantitative estimate of drug-likeness (QED) is 0.310. The molecule has 0 bridgehead atoms. The number of amides is 2. The summed E-state index contributed by atoms with van der Waals surface area (Å²) in [6, 6.07) is 22.1. The number of benzene rings is 3. The Bertz CT molecular complexity index is 1220. The van der Waals surface area contributed by atoms with Crippen molar-refractivity contribution in [2.24, 2.45) is 0 Å². The van der Waals surface area contributed by atoms with Crippen LogP contribution in [0.25, 0.3) is 5.57 Å². The van der Waals surface area contributed by atoms with Crippen LogP contribution in [0.5, 0.6) is 0 Å². The van der Waals surface area contributed by atoms with E-state index in [0.29, 0.717) is 11.3 Å². The SMILES string of the molecule is CN(C)c1ccc(N2C(=O)C(Sc3ccccc3)=C(c3ccc([N+](=O)[O-])cc3)C2=O)cc1. The van der Waals surface area contributed by atoms with Crippen LogP contribution in [0.4, 0.5) is 17.1 Å². The highest BCUT2D eigenvalue weighted by molar-refractivity contribution is 8.04. The second-order valence-corrected chi connectivity index (χ2v) is 8.36. The maximum atomic E-state index is 13.4. The molecule has 0 saturated heterocycles. The summed E-state index contributed by atoms with van der Waals surface area (Å²) in [6.07, 6.45) is 0. The van der Waals surface area contributed by atoms with Crippen molar-refractivity contribution in [2.75, 3.05) is 23.9 Å².